The van der Waals surface area contributed by atoms with Gasteiger partial charge in [-0.15, -0.1) is 0 Å². The van der Waals surface area contributed by atoms with E-state index in [0.717, 1.165) is 31.7 Å². The van der Waals surface area contributed by atoms with Crippen molar-refractivity contribution < 1.29 is 13.9 Å². The first-order valence-electron chi connectivity index (χ1n) is 7.38. The van der Waals surface area contributed by atoms with Crippen molar-refractivity contribution in [2.24, 2.45) is 0 Å². The zero-order valence-corrected chi connectivity index (χ0v) is 12.5. The molecule has 0 aliphatic carbocycles. The van der Waals surface area contributed by atoms with Gasteiger partial charge in [0.15, 0.2) is 11.6 Å². The van der Waals surface area contributed by atoms with Gasteiger partial charge >= 0.3 is 0 Å². The second-order valence-corrected chi connectivity index (χ2v) is 5.30. The summed E-state index contributed by atoms with van der Waals surface area (Å²) in [5, 5.41) is 6.10. The third-order valence-corrected chi connectivity index (χ3v) is 3.75. The van der Waals surface area contributed by atoms with Gasteiger partial charge in [-0.05, 0) is 43.7 Å². The largest absolute Gasteiger partial charge is 0.497 e. The Morgan fingerprint density at radius 2 is 2.23 bits per heavy atom. The molecule has 1 amide bonds. The Kier molecular flexibility index (Phi) is 4.39. The molecule has 1 aliphatic rings. The summed E-state index contributed by atoms with van der Waals surface area (Å²) < 4.78 is 10.6. The molecule has 1 saturated heterocycles. The molecule has 1 aromatic carbocycles. The Labute approximate surface area is 128 Å². The number of hydrogen-bond donors (Lipinski definition) is 2. The molecule has 6 nitrogen and oxygen atoms in total. The molecule has 2 heterocycles. The van der Waals surface area contributed by atoms with Crippen LogP contribution in [0.4, 0.5) is 5.69 Å². The molecule has 0 saturated carbocycles. The minimum Gasteiger partial charge on any atom is -0.497 e. The zero-order chi connectivity index (χ0) is 15.4. The van der Waals surface area contributed by atoms with Crippen LogP contribution in [-0.4, -0.2) is 31.1 Å². The maximum Gasteiger partial charge on any atom is 0.277 e. The van der Waals surface area contributed by atoms with Crippen molar-refractivity contribution in [3.63, 3.8) is 0 Å². The molecule has 1 atom stereocenters. The number of nitrogens with one attached hydrogen (secondary N) is 2. The summed E-state index contributed by atoms with van der Waals surface area (Å²) in [7, 11) is 1.60. The van der Waals surface area contributed by atoms with Crippen LogP contribution < -0.4 is 15.4 Å². The van der Waals surface area contributed by atoms with Crippen molar-refractivity contribution in [1.82, 2.24) is 10.3 Å². The molecule has 3 rings (SSSR count). The second kappa shape index (κ2) is 6.62. The predicted octanol–water partition coefficient (Wildman–Crippen LogP) is 2.40. The van der Waals surface area contributed by atoms with E-state index in [1.54, 1.807) is 31.4 Å². The van der Waals surface area contributed by atoms with E-state index in [1.807, 2.05) is 0 Å². The van der Waals surface area contributed by atoms with Crippen LogP contribution in [0.3, 0.4) is 0 Å². The molecular weight excluding hydrogens is 282 g/mol. The van der Waals surface area contributed by atoms with E-state index < -0.39 is 0 Å². The Morgan fingerprint density at radius 3 is 2.91 bits per heavy atom. The molecule has 1 aliphatic heterocycles. The standard InChI is InChI=1S/C16H19N3O3/c1-21-13-6-4-12(5-7-13)18-15(20)14-10-22-16(19-14)11-3-2-8-17-9-11/h4-7,10-11,17H,2-3,8-9H2,1H3,(H,18,20). The van der Waals surface area contributed by atoms with Crippen LogP contribution in [-0.2, 0) is 0 Å². The normalized spacial score (nSPS) is 18.0. The first-order chi connectivity index (χ1) is 10.8. The number of nitrogens with zero attached hydrogens (tertiary/aromatic N) is 1. The zero-order valence-electron chi connectivity index (χ0n) is 12.5. The monoisotopic (exact) mass is 301 g/mol. The molecule has 0 spiro atoms. The summed E-state index contributed by atoms with van der Waals surface area (Å²) >= 11 is 0. The van der Waals surface area contributed by atoms with Gasteiger partial charge in [-0.2, -0.15) is 0 Å². The number of aromatic nitrogens is 1. The molecule has 2 N–H and O–H groups in total. The highest BCUT2D eigenvalue weighted by atomic mass is 16.5. The average Bonchev–Trinajstić information content (AvgIpc) is 3.06. The fourth-order valence-corrected chi connectivity index (χ4v) is 2.51. The van der Waals surface area contributed by atoms with Crippen LogP contribution in [0.1, 0.15) is 35.1 Å². The third-order valence-electron chi connectivity index (χ3n) is 3.75. The fraction of sp³-hybridized carbons (Fsp3) is 0.375. The lowest BCUT2D eigenvalue weighted by molar-refractivity contribution is 0.102. The smallest absolute Gasteiger partial charge is 0.277 e. The molecular formula is C16H19N3O3. The third kappa shape index (κ3) is 3.28. The molecule has 22 heavy (non-hydrogen) atoms. The van der Waals surface area contributed by atoms with Gasteiger partial charge in [-0.3, -0.25) is 4.79 Å². The van der Waals surface area contributed by atoms with E-state index in [0.29, 0.717) is 17.3 Å². The molecule has 1 unspecified atom stereocenters. The quantitative estimate of drug-likeness (QED) is 0.907. The van der Waals surface area contributed by atoms with Crippen molar-refractivity contribution in [3.05, 3.63) is 42.1 Å². The molecule has 1 aromatic heterocycles. The maximum absolute atomic E-state index is 12.2. The van der Waals surface area contributed by atoms with Crippen LogP contribution in [0.2, 0.25) is 0 Å². The average molecular weight is 301 g/mol. The second-order valence-electron chi connectivity index (χ2n) is 5.30. The molecule has 116 valence electrons. The topological polar surface area (TPSA) is 76.4 Å². The number of rotatable bonds is 4. The first-order valence-corrected chi connectivity index (χ1v) is 7.38. The number of oxazole rings is 1. The summed E-state index contributed by atoms with van der Waals surface area (Å²) in [6, 6.07) is 7.14. The maximum atomic E-state index is 12.2. The summed E-state index contributed by atoms with van der Waals surface area (Å²) in [5.74, 6) is 1.35. The van der Waals surface area contributed by atoms with Gasteiger partial charge in [0, 0.05) is 18.2 Å². The molecule has 0 radical (unpaired) electrons. The highest BCUT2D eigenvalue weighted by molar-refractivity contribution is 6.02. The number of piperidine rings is 1. The van der Waals surface area contributed by atoms with Crippen LogP contribution in [0.5, 0.6) is 5.75 Å². The molecule has 0 bridgehead atoms. The lowest BCUT2D eigenvalue weighted by Gasteiger charge is -2.19. The highest BCUT2D eigenvalue weighted by Crippen LogP contribution is 2.23. The van der Waals surface area contributed by atoms with Crippen molar-refractivity contribution >= 4 is 11.6 Å². The summed E-state index contributed by atoms with van der Waals surface area (Å²) in [6.07, 6.45) is 3.55. The number of ether oxygens (including phenoxy) is 1. The van der Waals surface area contributed by atoms with Crippen molar-refractivity contribution in [3.8, 4) is 5.75 Å². The van der Waals surface area contributed by atoms with E-state index in [2.05, 4.69) is 15.6 Å². The van der Waals surface area contributed by atoms with Crippen molar-refractivity contribution in [2.75, 3.05) is 25.5 Å². The predicted molar refractivity (Wildman–Crippen MR) is 82.3 cm³/mol. The van der Waals surface area contributed by atoms with Gasteiger partial charge in [0.25, 0.3) is 5.91 Å². The van der Waals surface area contributed by atoms with E-state index in [4.69, 9.17) is 9.15 Å². The summed E-state index contributed by atoms with van der Waals surface area (Å²) in [4.78, 5) is 16.5. The molecule has 6 heteroatoms. The fourth-order valence-electron chi connectivity index (χ4n) is 2.51. The minimum absolute atomic E-state index is 0.247. The van der Waals surface area contributed by atoms with Gasteiger partial charge in [-0.25, -0.2) is 4.98 Å². The Morgan fingerprint density at radius 1 is 1.41 bits per heavy atom. The lowest BCUT2D eigenvalue weighted by Crippen LogP contribution is -2.28. The number of carbonyl (C=O) groups is 1. The number of anilines is 1. The van der Waals surface area contributed by atoms with Gasteiger partial charge < -0.3 is 19.8 Å². The van der Waals surface area contributed by atoms with Gasteiger partial charge in [0.05, 0.1) is 7.11 Å². The number of hydrogen-bond acceptors (Lipinski definition) is 5. The van der Waals surface area contributed by atoms with Crippen LogP contribution in [0.15, 0.2) is 34.9 Å². The van der Waals surface area contributed by atoms with Gasteiger partial charge in [-0.1, -0.05) is 0 Å². The van der Waals surface area contributed by atoms with Gasteiger partial charge in [0.2, 0.25) is 0 Å². The Balaban J connectivity index is 1.65. The first kappa shape index (κ1) is 14.6. The van der Waals surface area contributed by atoms with Gasteiger partial charge in [0.1, 0.15) is 12.0 Å². The minimum atomic E-state index is -0.274. The Hall–Kier alpha value is -2.34. The lowest BCUT2D eigenvalue weighted by atomic mass is 10.00. The Bertz CT molecular complexity index is 630. The molecule has 1 fully saturated rings. The van der Waals surface area contributed by atoms with E-state index in [-0.39, 0.29) is 11.8 Å². The van der Waals surface area contributed by atoms with E-state index >= 15 is 0 Å². The summed E-state index contributed by atoms with van der Waals surface area (Å²) in [5.41, 5.74) is 0.992. The van der Waals surface area contributed by atoms with Crippen molar-refractivity contribution in [1.29, 1.82) is 0 Å². The van der Waals surface area contributed by atoms with Crippen molar-refractivity contribution in [2.45, 2.75) is 18.8 Å². The number of benzene rings is 1. The van der Waals surface area contributed by atoms with Crippen LogP contribution in [0, 0.1) is 0 Å². The SMILES string of the molecule is COc1ccc(NC(=O)c2coc(C3CCCNC3)n2)cc1. The van der Waals surface area contributed by atoms with E-state index in [1.165, 1.54) is 6.26 Å². The van der Waals surface area contributed by atoms with Crippen LogP contribution >= 0.6 is 0 Å². The number of carbonyl (C=O) groups excluding carboxylic acids is 1. The molecule has 2 aromatic rings. The van der Waals surface area contributed by atoms with E-state index in [9.17, 15) is 4.79 Å². The highest BCUT2D eigenvalue weighted by Gasteiger charge is 2.22. The number of methoxy groups -OCH3 is 1. The number of amides is 1. The summed E-state index contributed by atoms with van der Waals surface area (Å²) in [6.45, 7) is 1.88. The van der Waals surface area contributed by atoms with Crippen LogP contribution in [0.25, 0.3) is 0 Å².